The Balaban J connectivity index is 1.36. The van der Waals surface area contributed by atoms with Crippen LogP contribution in [0.4, 0.5) is 17.1 Å². The molecule has 1 heterocycles. The van der Waals surface area contributed by atoms with Crippen molar-refractivity contribution in [1.29, 1.82) is 0 Å². The van der Waals surface area contributed by atoms with Crippen LogP contribution in [0, 0.1) is 0 Å². The van der Waals surface area contributed by atoms with Gasteiger partial charge in [0.2, 0.25) is 0 Å². The molecule has 6 aromatic carbocycles. The maximum absolute atomic E-state index is 4.56. The number of benzene rings is 6. The van der Waals surface area contributed by atoms with Gasteiger partial charge in [-0.15, -0.1) is 0 Å². The van der Waals surface area contributed by atoms with E-state index >= 15 is 0 Å². The Morgan fingerprint density at radius 3 is 1.61 bits per heavy atom. The molecule has 7 aromatic rings. The molecular weight excluding hydrogens is 532 g/mol. The van der Waals surface area contributed by atoms with E-state index in [1.165, 1.54) is 33.4 Å². The van der Waals surface area contributed by atoms with E-state index in [2.05, 4.69) is 174 Å². The Hall–Kier alpha value is -5.73. The van der Waals surface area contributed by atoms with Crippen molar-refractivity contribution in [2.24, 2.45) is 0 Å². The molecule has 1 aromatic heterocycles. The number of nitrogens with zero attached hydrogens (tertiary/aromatic N) is 2. The van der Waals surface area contributed by atoms with E-state index in [1.807, 2.05) is 18.3 Å². The lowest BCUT2D eigenvalue weighted by atomic mass is 9.67. The van der Waals surface area contributed by atoms with Crippen molar-refractivity contribution in [3.63, 3.8) is 0 Å². The Labute approximate surface area is 258 Å². The van der Waals surface area contributed by atoms with Crippen molar-refractivity contribution in [3.8, 4) is 22.4 Å². The standard InChI is InChI=1S/C42H30N2/c1-4-14-32(15-5-1)42(33-16-6-2-7-17-33)39-21-11-10-20-37(39)38-28-27-36(30-40(38)42)44(34-18-8-3-9-19-34)35-25-23-31(24-26-35)41-22-12-13-29-43-41/h1-30H. The maximum atomic E-state index is 4.56. The minimum Gasteiger partial charge on any atom is -0.310 e. The average molecular weight is 563 g/mol. The number of anilines is 3. The Kier molecular flexibility index (Phi) is 6.39. The minimum atomic E-state index is -0.449. The topological polar surface area (TPSA) is 16.1 Å². The lowest BCUT2D eigenvalue weighted by Crippen LogP contribution is -2.28. The highest BCUT2D eigenvalue weighted by Crippen LogP contribution is 2.57. The van der Waals surface area contributed by atoms with Crippen LogP contribution in [0.1, 0.15) is 22.3 Å². The summed E-state index contributed by atoms with van der Waals surface area (Å²) in [5, 5.41) is 0. The molecule has 0 saturated carbocycles. The minimum absolute atomic E-state index is 0.449. The Morgan fingerprint density at radius 2 is 0.955 bits per heavy atom. The van der Waals surface area contributed by atoms with Crippen molar-refractivity contribution in [2.45, 2.75) is 5.41 Å². The van der Waals surface area contributed by atoms with Gasteiger partial charge in [-0.1, -0.05) is 127 Å². The second-order valence-corrected chi connectivity index (χ2v) is 11.2. The van der Waals surface area contributed by atoms with Crippen molar-refractivity contribution in [2.75, 3.05) is 4.90 Å². The summed E-state index contributed by atoms with van der Waals surface area (Å²) < 4.78 is 0. The molecule has 0 aliphatic heterocycles. The Bertz CT molecular complexity index is 2000. The van der Waals surface area contributed by atoms with Crippen LogP contribution in [-0.2, 0) is 5.41 Å². The summed E-state index contributed by atoms with van der Waals surface area (Å²) in [5.74, 6) is 0. The number of aromatic nitrogens is 1. The summed E-state index contributed by atoms with van der Waals surface area (Å²) in [6, 6.07) is 63.2. The van der Waals surface area contributed by atoms with Gasteiger partial charge in [-0.2, -0.15) is 0 Å². The second-order valence-electron chi connectivity index (χ2n) is 11.2. The zero-order valence-corrected chi connectivity index (χ0v) is 24.2. The third kappa shape index (κ3) is 4.15. The molecule has 208 valence electrons. The third-order valence-electron chi connectivity index (χ3n) is 8.80. The average Bonchev–Trinajstić information content (AvgIpc) is 3.41. The highest BCUT2D eigenvalue weighted by Gasteiger charge is 2.46. The van der Waals surface area contributed by atoms with E-state index in [0.29, 0.717) is 0 Å². The van der Waals surface area contributed by atoms with E-state index in [-0.39, 0.29) is 0 Å². The summed E-state index contributed by atoms with van der Waals surface area (Å²) >= 11 is 0. The van der Waals surface area contributed by atoms with Crippen LogP contribution in [0.25, 0.3) is 22.4 Å². The molecule has 0 bridgehead atoms. The molecule has 2 nitrogen and oxygen atoms in total. The van der Waals surface area contributed by atoms with Gasteiger partial charge in [0.25, 0.3) is 0 Å². The zero-order chi connectivity index (χ0) is 29.3. The molecule has 0 saturated heterocycles. The molecule has 0 atom stereocenters. The number of para-hydroxylation sites is 1. The van der Waals surface area contributed by atoms with Crippen LogP contribution >= 0.6 is 0 Å². The molecule has 0 radical (unpaired) electrons. The molecular formula is C42H30N2. The summed E-state index contributed by atoms with van der Waals surface area (Å²) in [6.45, 7) is 0. The molecule has 8 rings (SSSR count). The fraction of sp³-hybridized carbons (Fsp3) is 0.0238. The van der Waals surface area contributed by atoms with E-state index in [0.717, 1.165) is 28.3 Å². The van der Waals surface area contributed by atoms with Gasteiger partial charge in [0, 0.05) is 28.8 Å². The molecule has 1 aliphatic carbocycles. The van der Waals surface area contributed by atoms with Crippen molar-refractivity contribution < 1.29 is 0 Å². The molecule has 2 heteroatoms. The van der Waals surface area contributed by atoms with Crippen molar-refractivity contribution in [3.05, 3.63) is 204 Å². The van der Waals surface area contributed by atoms with Crippen LogP contribution in [0.2, 0.25) is 0 Å². The molecule has 1 aliphatic rings. The lowest BCUT2D eigenvalue weighted by molar-refractivity contribution is 0.768. The maximum Gasteiger partial charge on any atom is 0.0714 e. The van der Waals surface area contributed by atoms with E-state index < -0.39 is 5.41 Å². The van der Waals surface area contributed by atoms with Gasteiger partial charge >= 0.3 is 0 Å². The van der Waals surface area contributed by atoms with Gasteiger partial charge in [0.1, 0.15) is 0 Å². The predicted octanol–water partition coefficient (Wildman–Crippen LogP) is 10.6. The van der Waals surface area contributed by atoms with Gasteiger partial charge in [-0.3, -0.25) is 4.98 Å². The fourth-order valence-corrected chi connectivity index (χ4v) is 6.91. The summed E-state index contributed by atoms with van der Waals surface area (Å²) in [7, 11) is 0. The zero-order valence-electron chi connectivity index (χ0n) is 24.2. The number of hydrogen-bond acceptors (Lipinski definition) is 2. The third-order valence-corrected chi connectivity index (χ3v) is 8.80. The normalized spacial score (nSPS) is 12.7. The van der Waals surface area contributed by atoms with Crippen LogP contribution in [0.3, 0.4) is 0 Å². The molecule has 0 amide bonds. The van der Waals surface area contributed by atoms with Crippen LogP contribution in [0.5, 0.6) is 0 Å². The van der Waals surface area contributed by atoms with Crippen LogP contribution in [0.15, 0.2) is 182 Å². The number of hydrogen-bond donors (Lipinski definition) is 0. The lowest BCUT2D eigenvalue weighted by Gasteiger charge is -2.35. The smallest absolute Gasteiger partial charge is 0.0714 e. The SMILES string of the molecule is c1ccc(N(c2ccc(-c3ccccn3)cc2)c2ccc3c(c2)C(c2ccccc2)(c2ccccc2)c2ccccc2-3)cc1. The molecule has 0 unspecified atom stereocenters. The monoisotopic (exact) mass is 562 g/mol. The number of pyridine rings is 1. The fourth-order valence-electron chi connectivity index (χ4n) is 6.91. The number of fused-ring (bicyclic) bond motifs is 3. The molecule has 0 N–H and O–H groups in total. The second kappa shape index (κ2) is 10.8. The van der Waals surface area contributed by atoms with Crippen molar-refractivity contribution >= 4 is 17.1 Å². The van der Waals surface area contributed by atoms with Gasteiger partial charge in [-0.05, 0) is 81.9 Å². The number of rotatable bonds is 6. The first-order valence-electron chi connectivity index (χ1n) is 15.1. The van der Waals surface area contributed by atoms with E-state index in [1.54, 1.807) is 0 Å². The van der Waals surface area contributed by atoms with Gasteiger partial charge in [-0.25, -0.2) is 0 Å². The van der Waals surface area contributed by atoms with Crippen molar-refractivity contribution in [1.82, 2.24) is 4.98 Å². The van der Waals surface area contributed by atoms with E-state index in [9.17, 15) is 0 Å². The summed E-state index contributed by atoms with van der Waals surface area (Å²) in [5.41, 5.74) is 12.6. The quantitative estimate of drug-likeness (QED) is 0.200. The Morgan fingerprint density at radius 1 is 0.409 bits per heavy atom. The first kappa shape index (κ1) is 25.9. The highest BCUT2D eigenvalue weighted by atomic mass is 15.1. The summed E-state index contributed by atoms with van der Waals surface area (Å²) in [6.07, 6.45) is 1.84. The first-order valence-corrected chi connectivity index (χ1v) is 15.1. The van der Waals surface area contributed by atoms with Crippen LogP contribution < -0.4 is 4.90 Å². The molecule has 0 fully saturated rings. The molecule has 44 heavy (non-hydrogen) atoms. The van der Waals surface area contributed by atoms with Gasteiger partial charge in [0.15, 0.2) is 0 Å². The van der Waals surface area contributed by atoms with Crippen LogP contribution in [-0.4, -0.2) is 4.98 Å². The predicted molar refractivity (Wildman–Crippen MR) is 182 cm³/mol. The highest BCUT2D eigenvalue weighted by molar-refractivity contribution is 5.89. The summed E-state index contributed by atoms with van der Waals surface area (Å²) in [4.78, 5) is 6.91. The molecule has 0 spiro atoms. The first-order chi connectivity index (χ1) is 21.8. The van der Waals surface area contributed by atoms with E-state index in [4.69, 9.17) is 0 Å². The van der Waals surface area contributed by atoms with Gasteiger partial charge in [0.05, 0.1) is 11.1 Å². The van der Waals surface area contributed by atoms with Gasteiger partial charge < -0.3 is 4.90 Å². The largest absolute Gasteiger partial charge is 0.310 e.